The summed E-state index contributed by atoms with van der Waals surface area (Å²) >= 11 is 0. The topological polar surface area (TPSA) is 52.6 Å². The molecule has 0 saturated heterocycles. The van der Waals surface area contributed by atoms with Crippen molar-refractivity contribution in [2.24, 2.45) is 0 Å². The van der Waals surface area contributed by atoms with E-state index in [1.54, 1.807) is 0 Å². The van der Waals surface area contributed by atoms with Crippen LogP contribution in [0.3, 0.4) is 0 Å². The maximum atomic E-state index is 11.7. The van der Waals surface area contributed by atoms with Gasteiger partial charge in [-0.25, -0.2) is 4.79 Å². The van der Waals surface area contributed by atoms with E-state index in [9.17, 15) is 9.59 Å². The summed E-state index contributed by atoms with van der Waals surface area (Å²) in [4.78, 5) is 22.4. The molecule has 0 spiro atoms. The van der Waals surface area contributed by atoms with Gasteiger partial charge in [-0.3, -0.25) is 4.79 Å². The smallest absolute Gasteiger partial charge is 0.344 e. The van der Waals surface area contributed by atoms with Crippen molar-refractivity contribution in [1.82, 2.24) is 0 Å². The number of hydrogen-bond donors (Lipinski definition) is 0. The van der Waals surface area contributed by atoms with Crippen molar-refractivity contribution in [2.45, 2.75) is 104 Å². The Labute approximate surface area is 142 Å². The molecule has 0 aliphatic rings. The van der Waals surface area contributed by atoms with Crippen LogP contribution in [0.15, 0.2) is 0 Å². The predicted molar refractivity (Wildman–Crippen MR) is 93.3 cm³/mol. The van der Waals surface area contributed by atoms with Crippen LogP contribution in [0.2, 0.25) is 0 Å². The van der Waals surface area contributed by atoms with Crippen molar-refractivity contribution in [3.05, 3.63) is 0 Å². The zero-order valence-electron chi connectivity index (χ0n) is 15.4. The summed E-state index contributed by atoms with van der Waals surface area (Å²) in [5.41, 5.74) is 0. The second-order valence-electron chi connectivity index (χ2n) is 6.30. The minimum absolute atomic E-state index is 0.0295. The molecule has 0 aliphatic carbocycles. The van der Waals surface area contributed by atoms with Crippen LogP contribution in [-0.4, -0.2) is 24.6 Å². The van der Waals surface area contributed by atoms with E-state index in [0.717, 1.165) is 32.1 Å². The first-order valence-corrected chi connectivity index (χ1v) is 9.43. The first-order valence-electron chi connectivity index (χ1n) is 9.43. The minimum Gasteiger partial charge on any atom is -0.460 e. The third-order valence-electron chi connectivity index (χ3n) is 3.95. The largest absolute Gasteiger partial charge is 0.460 e. The normalized spacial score (nSPS) is 12.0. The van der Waals surface area contributed by atoms with Crippen LogP contribution in [0.25, 0.3) is 0 Å². The molecule has 0 aromatic carbocycles. The van der Waals surface area contributed by atoms with Gasteiger partial charge in [0.2, 0.25) is 0 Å². The van der Waals surface area contributed by atoms with E-state index in [1.165, 1.54) is 51.9 Å². The monoisotopic (exact) mass is 328 g/mol. The highest BCUT2D eigenvalue weighted by Crippen LogP contribution is 2.15. The summed E-state index contributed by atoms with van der Waals surface area (Å²) in [5.74, 6) is -0.879. The molecule has 0 fully saturated rings. The van der Waals surface area contributed by atoms with Crippen molar-refractivity contribution >= 4 is 11.9 Å². The average molecular weight is 328 g/mol. The summed E-state index contributed by atoms with van der Waals surface area (Å²) < 4.78 is 10.1. The van der Waals surface area contributed by atoms with Gasteiger partial charge in [-0.05, 0) is 19.3 Å². The third kappa shape index (κ3) is 15.6. The van der Waals surface area contributed by atoms with Crippen molar-refractivity contribution in [3.8, 4) is 0 Å². The van der Waals surface area contributed by atoms with Gasteiger partial charge in [0.05, 0.1) is 0 Å². The fraction of sp³-hybridized carbons (Fsp3) is 0.895. The molecule has 23 heavy (non-hydrogen) atoms. The molecule has 0 bridgehead atoms. The Balaban J connectivity index is 3.82. The lowest BCUT2D eigenvalue weighted by Crippen LogP contribution is -2.22. The lowest BCUT2D eigenvalue weighted by molar-refractivity contribution is -0.161. The number of carbonyl (C=O) groups excluding carboxylic acids is 2. The van der Waals surface area contributed by atoms with Gasteiger partial charge in [0.1, 0.15) is 6.10 Å². The number of esters is 2. The van der Waals surface area contributed by atoms with Crippen LogP contribution in [0, 0.1) is 0 Å². The van der Waals surface area contributed by atoms with E-state index in [1.807, 2.05) is 0 Å². The van der Waals surface area contributed by atoms with E-state index in [4.69, 9.17) is 4.74 Å². The standard InChI is InChI=1S/C19H36O4/c1-4-6-8-9-10-11-12-13-15-18(14-7-5-2)23-19(21)16-22-17(3)20/h18H,4-16H2,1-3H3. The first-order chi connectivity index (χ1) is 11.1. The molecule has 0 aromatic rings. The number of hydrogen-bond acceptors (Lipinski definition) is 4. The van der Waals surface area contributed by atoms with Crippen LogP contribution in [0.4, 0.5) is 0 Å². The summed E-state index contributed by atoms with van der Waals surface area (Å²) in [7, 11) is 0. The van der Waals surface area contributed by atoms with E-state index in [-0.39, 0.29) is 12.7 Å². The molecular weight excluding hydrogens is 292 g/mol. The van der Waals surface area contributed by atoms with Crippen LogP contribution in [0.5, 0.6) is 0 Å². The highest BCUT2D eigenvalue weighted by Gasteiger charge is 2.14. The summed E-state index contributed by atoms with van der Waals surface area (Å²) in [6.45, 7) is 5.39. The summed E-state index contributed by atoms with van der Waals surface area (Å²) in [6.07, 6.45) is 14.1. The Morgan fingerprint density at radius 1 is 0.783 bits per heavy atom. The van der Waals surface area contributed by atoms with Crippen molar-refractivity contribution in [3.63, 3.8) is 0 Å². The molecule has 136 valence electrons. The van der Waals surface area contributed by atoms with Crippen molar-refractivity contribution in [1.29, 1.82) is 0 Å². The zero-order chi connectivity index (χ0) is 17.3. The highest BCUT2D eigenvalue weighted by atomic mass is 16.6. The van der Waals surface area contributed by atoms with Crippen molar-refractivity contribution < 1.29 is 19.1 Å². The SMILES string of the molecule is CCCCCCCCCCC(CCCC)OC(=O)COC(C)=O. The molecule has 0 aliphatic heterocycles. The molecule has 0 rings (SSSR count). The molecule has 1 atom stereocenters. The Morgan fingerprint density at radius 2 is 1.30 bits per heavy atom. The van der Waals surface area contributed by atoms with Gasteiger partial charge in [-0.2, -0.15) is 0 Å². The molecule has 0 amide bonds. The van der Waals surface area contributed by atoms with Gasteiger partial charge in [0.25, 0.3) is 0 Å². The molecule has 1 unspecified atom stereocenters. The fourth-order valence-corrected chi connectivity index (χ4v) is 2.58. The molecule has 4 heteroatoms. The molecule has 0 aromatic heterocycles. The van der Waals surface area contributed by atoms with E-state index < -0.39 is 11.9 Å². The average Bonchev–Trinajstić information content (AvgIpc) is 2.52. The maximum absolute atomic E-state index is 11.7. The van der Waals surface area contributed by atoms with Crippen LogP contribution >= 0.6 is 0 Å². The summed E-state index contributed by atoms with van der Waals surface area (Å²) in [6, 6.07) is 0. The molecular formula is C19H36O4. The van der Waals surface area contributed by atoms with Crippen molar-refractivity contribution in [2.75, 3.05) is 6.61 Å². The van der Waals surface area contributed by atoms with Crippen LogP contribution < -0.4 is 0 Å². The first kappa shape index (κ1) is 21.9. The number of unbranched alkanes of at least 4 members (excludes halogenated alkanes) is 8. The molecule has 0 radical (unpaired) electrons. The Morgan fingerprint density at radius 3 is 1.87 bits per heavy atom. The number of rotatable bonds is 15. The van der Waals surface area contributed by atoms with Gasteiger partial charge in [0, 0.05) is 6.92 Å². The van der Waals surface area contributed by atoms with Gasteiger partial charge < -0.3 is 9.47 Å². The molecule has 0 saturated carbocycles. The predicted octanol–water partition coefficient (Wildman–Crippen LogP) is 5.18. The van der Waals surface area contributed by atoms with Gasteiger partial charge in [0.15, 0.2) is 6.61 Å². The zero-order valence-corrected chi connectivity index (χ0v) is 15.4. The number of ether oxygens (including phenoxy) is 2. The third-order valence-corrected chi connectivity index (χ3v) is 3.95. The molecule has 0 heterocycles. The van der Waals surface area contributed by atoms with E-state index in [2.05, 4.69) is 18.6 Å². The van der Waals surface area contributed by atoms with Gasteiger partial charge >= 0.3 is 11.9 Å². The van der Waals surface area contributed by atoms with Crippen LogP contribution in [-0.2, 0) is 19.1 Å². The molecule has 0 N–H and O–H groups in total. The Hall–Kier alpha value is -1.06. The summed E-state index contributed by atoms with van der Waals surface area (Å²) in [5, 5.41) is 0. The van der Waals surface area contributed by atoms with Gasteiger partial charge in [-0.15, -0.1) is 0 Å². The number of carbonyl (C=O) groups is 2. The molecule has 4 nitrogen and oxygen atoms in total. The van der Waals surface area contributed by atoms with Crippen LogP contribution in [0.1, 0.15) is 97.8 Å². The highest BCUT2D eigenvalue weighted by molar-refractivity contribution is 5.75. The quantitative estimate of drug-likeness (QED) is 0.307. The minimum atomic E-state index is -0.449. The maximum Gasteiger partial charge on any atom is 0.344 e. The lowest BCUT2D eigenvalue weighted by atomic mass is 10.0. The van der Waals surface area contributed by atoms with Gasteiger partial charge in [-0.1, -0.05) is 71.6 Å². The van der Waals surface area contributed by atoms with E-state index >= 15 is 0 Å². The Bertz CT molecular complexity index is 302. The second-order valence-corrected chi connectivity index (χ2v) is 6.30. The Kier molecular flexibility index (Phi) is 15.1. The second kappa shape index (κ2) is 15.8. The fourth-order valence-electron chi connectivity index (χ4n) is 2.58. The lowest BCUT2D eigenvalue weighted by Gasteiger charge is -2.17. The van der Waals surface area contributed by atoms with E-state index in [0.29, 0.717) is 0 Å².